The molecule has 1 aromatic rings. The molecule has 2 unspecified atom stereocenters. The van der Waals surface area contributed by atoms with Crippen molar-refractivity contribution in [3.63, 3.8) is 0 Å². The lowest BCUT2D eigenvalue weighted by molar-refractivity contribution is 0.00749. The normalized spacial score (nSPS) is 19.4. The van der Waals surface area contributed by atoms with E-state index in [1.807, 2.05) is 7.11 Å². The Bertz CT molecular complexity index is 398. The molecule has 1 saturated carbocycles. The Morgan fingerprint density at radius 3 is 2.38 bits per heavy atom. The fourth-order valence-electron chi connectivity index (χ4n) is 3.62. The predicted molar refractivity (Wildman–Crippen MR) is 87.9 cm³/mol. The fraction of sp³-hybridized carbons (Fsp3) is 0.667. The minimum Gasteiger partial charge on any atom is -0.379 e. The molecule has 3 nitrogen and oxygen atoms in total. The van der Waals surface area contributed by atoms with Crippen molar-refractivity contribution in [1.82, 2.24) is 5.43 Å². The molecule has 1 aromatic carbocycles. The summed E-state index contributed by atoms with van der Waals surface area (Å²) in [5.41, 5.74) is 5.62. The molecule has 3 heteroatoms. The third-order valence-corrected chi connectivity index (χ3v) is 4.77. The van der Waals surface area contributed by atoms with Crippen molar-refractivity contribution in [3.05, 3.63) is 35.4 Å². The largest absolute Gasteiger partial charge is 0.379 e. The zero-order chi connectivity index (χ0) is 15.1. The summed E-state index contributed by atoms with van der Waals surface area (Å²) >= 11 is 0. The van der Waals surface area contributed by atoms with E-state index < -0.39 is 0 Å². The molecule has 2 rings (SSSR count). The van der Waals surface area contributed by atoms with Crippen molar-refractivity contribution >= 4 is 0 Å². The lowest BCUT2D eigenvalue weighted by Gasteiger charge is -2.34. The number of methoxy groups -OCH3 is 1. The van der Waals surface area contributed by atoms with Crippen molar-refractivity contribution in [2.45, 2.75) is 64.0 Å². The Balaban J connectivity index is 2.11. The fourth-order valence-corrected chi connectivity index (χ4v) is 3.62. The number of aryl methyl sites for hydroxylation is 1. The van der Waals surface area contributed by atoms with E-state index in [4.69, 9.17) is 10.6 Å². The van der Waals surface area contributed by atoms with Crippen LogP contribution in [0, 0.1) is 5.92 Å². The Kier molecular flexibility index (Phi) is 6.68. The van der Waals surface area contributed by atoms with Gasteiger partial charge >= 0.3 is 0 Å². The number of nitrogens with two attached hydrogens (primary N) is 1. The smallest absolute Gasteiger partial charge is 0.0806 e. The van der Waals surface area contributed by atoms with Crippen LogP contribution in [-0.2, 0) is 11.2 Å². The highest BCUT2D eigenvalue weighted by atomic mass is 16.5. The van der Waals surface area contributed by atoms with E-state index in [-0.39, 0.29) is 12.1 Å². The summed E-state index contributed by atoms with van der Waals surface area (Å²) in [6.07, 6.45) is 8.98. The molecular weight excluding hydrogens is 260 g/mol. The topological polar surface area (TPSA) is 47.3 Å². The Labute approximate surface area is 129 Å². The number of hydrogen-bond acceptors (Lipinski definition) is 3. The van der Waals surface area contributed by atoms with Gasteiger partial charge in [-0.05, 0) is 36.3 Å². The second-order valence-electron chi connectivity index (χ2n) is 6.23. The summed E-state index contributed by atoms with van der Waals surface area (Å²) < 4.78 is 5.83. The van der Waals surface area contributed by atoms with Crippen LogP contribution in [0.5, 0.6) is 0 Å². The molecule has 0 bridgehead atoms. The zero-order valence-electron chi connectivity index (χ0n) is 13.5. The third-order valence-electron chi connectivity index (χ3n) is 4.77. The van der Waals surface area contributed by atoms with Gasteiger partial charge in [0, 0.05) is 7.11 Å². The second-order valence-corrected chi connectivity index (χ2v) is 6.23. The number of hydrazine groups is 1. The molecular formula is C18H30N2O. The molecule has 0 radical (unpaired) electrons. The van der Waals surface area contributed by atoms with Gasteiger partial charge in [0.25, 0.3) is 0 Å². The van der Waals surface area contributed by atoms with Crippen molar-refractivity contribution in [1.29, 1.82) is 0 Å². The van der Waals surface area contributed by atoms with E-state index in [0.29, 0.717) is 5.92 Å². The molecule has 3 N–H and O–H groups in total. The summed E-state index contributed by atoms with van der Waals surface area (Å²) in [6.45, 7) is 2.21. The van der Waals surface area contributed by atoms with Crippen molar-refractivity contribution in [3.8, 4) is 0 Å². The summed E-state index contributed by atoms with van der Waals surface area (Å²) in [6, 6.07) is 8.91. The average molecular weight is 290 g/mol. The Morgan fingerprint density at radius 1 is 1.19 bits per heavy atom. The first kappa shape index (κ1) is 16.5. The van der Waals surface area contributed by atoms with Gasteiger partial charge in [0.1, 0.15) is 0 Å². The van der Waals surface area contributed by atoms with Crippen molar-refractivity contribution in [2.24, 2.45) is 11.8 Å². The number of hydrogen-bond donors (Lipinski definition) is 2. The minimum absolute atomic E-state index is 0.0776. The highest BCUT2D eigenvalue weighted by Crippen LogP contribution is 2.33. The number of ether oxygens (including phenoxy) is 1. The maximum Gasteiger partial charge on any atom is 0.0806 e. The molecule has 0 amide bonds. The predicted octanol–water partition coefficient (Wildman–Crippen LogP) is 3.74. The molecule has 1 aliphatic rings. The van der Waals surface area contributed by atoms with Crippen LogP contribution >= 0.6 is 0 Å². The summed E-state index contributed by atoms with van der Waals surface area (Å²) in [5, 5.41) is 0. The van der Waals surface area contributed by atoms with E-state index >= 15 is 0 Å². The Morgan fingerprint density at radius 2 is 1.86 bits per heavy atom. The molecule has 118 valence electrons. The zero-order valence-corrected chi connectivity index (χ0v) is 13.5. The van der Waals surface area contributed by atoms with E-state index in [1.54, 1.807) is 0 Å². The second kappa shape index (κ2) is 8.52. The number of rotatable bonds is 7. The molecule has 0 aromatic heterocycles. The highest BCUT2D eigenvalue weighted by Gasteiger charge is 2.31. The molecule has 0 saturated heterocycles. The van der Waals surface area contributed by atoms with Crippen LogP contribution in [0.3, 0.4) is 0 Å². The van der Waals surface area contributed by atoms with Gasteiger partial charge in [0.15, 0.2) is 0 Å². The van der Waals surface area contributed by atoms with E-state index in [9.17, 15) is 0 Å². The van der Waals surface area contributed by atoms with Gasteiger partial charge in [0.2, 0.25) is 0 Å². The van der Waals surface area contributed by atoms with E-state index in [1.165, 1.54) is 49.7 Å². The first-order chi connectivity index (χ1) is 10.3. The van der Waals surface area contributed by atoms with Gasteiger partial charge in [-0.15, -0.1) is 0 Å². The van der Waals surface area contributed by atoms with Crippen LogP contribution in [0.25, 0.3) is 0 Å². The summed E-state index contributed by atoms with van der Waals surface area (Å²) in [4.78, 5) is 0. The van der Waals surface area contributed by atoms with Gasteiger partial charge in [-0.25, -0.2) is 0 Å². The van der Waals surface area contributed by atoms with Crippen molar-refractivity contribution < 1.29 is 4.74 Å². The maximum atomic E-state index is 5.85. The molecule has 2 atom stereocenters. The average Bonchev–Trinajstić information content (AvgIpc) is 2.54. The van der Waals surface area contributed by atoms with Crippen molar-refractivity contribution in [2.75, 3.05) is 7.11 Å². The maximum absolute atomic E-state index is 5.85. The quantitative estimate of drug-likeness (QED) is 0.594. The molecule has 1 fully saturated rings. The summed E-state index contributed by atoms with van der Waals surface area (Å²) in [7, 11) is 1.81. The third kappa shape index (κ3) is 4.29. The molecule has 21 heavy (non-hydrogen) atoms. The van der Waals surface area contributed by atoms with Gasteiger partial charge in [-0.1, -0.05) is 56.9 Å². The lowest BCUT2D eigenvalue weighted by Crippen LogP contribution is -2.42. The van der Waals surface area contributed by atoms with Gasteiger partial charge in [0.05, 0.1) is 12.1 Å². The SMILES string of the molecule is CCCc1ccc(C(NN)C(OC)C2CCCCC2)cc1. The van der Waals surface area contributed by atoms with Crippen LogP contribution in [-0.4, -0.2) is 13.2 Å². The molecule has 0 spiro atoms. The first-order valence-electron chi connectivity index (χ1n) is 8.38. The highest BCUT2D eigenvalue weighted by molar-refractivity contribution is 5.26. The number of benzene rings is 1. The number of nitrogens with one attached hydrogen (secondary N) is 1. The van der Waals surface area contributed by atoms with Crippen LogP contribution in [0.1, 0.15) is 62.6 Å². The monoisotopic (exact) mass is 290 g/mol. The van der Waals surface area contributed by atoms with Crippen LogP contribution in [0.15, 0.2) is 24.3 Å². The minimum atomic E-state index is 0.0776. The standard InChI is InChI=1S/C18H30N2O/c1-3-7-14-10-12-15(13-11-14)17(20-19)18(21-2)16-8-5-4-6-9-16/h10-13,16-18,20H,3-9,19H2,1-2H3. The van der Waals surface area contributed by atoms with Crippen LogP contribution in [0.2, 0.25) is 0 Å². The summed E-state index contributed by atoms with van der Waals surface area (Å²) in [5.74, 6) is 6.47. The molecule has 1 aliphatic carbocycles. The van der Waals surface area contributed by atoms with Gasteiger partial charge in [-0.3, -0.25) is 11.3 Å². The van der Waals surface area contributed by atoms with Crippen LogP contribution in [0.4, 0.5) is 0 Å². The molecule has 0 aliphatic heterocycles. The van der Waals surface area contributed by atoms with E-state index in [2.05, 4.69) is 36.6 Å². The van der Waals surface area contributed by atoms with Gasteiger partial charge < -0.3 is 4.74 Å². The first-order valence-corrected chi connectivity index (χ1v) is 8.38. The van der Waals surface area contributed by atoms with E-state index in [0.717, 1.165) is 6.42 Å². The van der Waals surface area contributed by atoms with Gasteiger partial charge in [-0.2, -0.15) is 0 Å². The molecule has 0 heterocycles. The lowest BCUT2D eigenvalue weighted by atomic mass is 9.81. The Hall–Kier alpha value is -0.900. The van der Waals surface area contributed by atoms with Crippen LogP contribution < -0.4 is 11.3 Å².